The highest BCUT2D eigenvalue weighted by molar-refractivity contribution is 5.90. The second kappa shape index (κ2) is 7.57. The molecule has 0 radical (unpaired) electrons. The second-order valence-corrected chi connectivity index (χ2v) is 8.46. The number of aromatic nitrogens is 1. The van der Waals surface area contributed by atoms with Gasteiger partial charge in [-0.3, -0.25) is 14.7 Å². The van der Waals surface area contributed by atoms with Gasteiger partial charge in [0.1, 0.15) is 17.6 Å². The molecule has 2 saturated heterocycles. The van der Waals surface area contributed by atoms with Gasteiger partial charge in [-0.1, -0.05) is 6.07 Å². The average Bonchev–Trinajstić information content (AvgIpc) is 3.09. The van der Waals surface area contributed by atoms with E-state index in [4.69, 9.17) is 11.3 Å². The summed E-state index contributed by atoms with van der Waals surface area (Å²) >= 11 is 0. The quantitative estimate of drug-likeness (QED) is 0.704. The number of fused-ring (bicyclic) bond motifs is 1. The van der Waals surface area contributed by atoms with Crippen LogP contribution in [-0.2, 0) is 15.1 Å². The number of pyridine rings is 1. The Morgan fingerprint density at radius 1 is 1.38 bits per heavy atom. The van der Waals surface area contributed by atoms with E-state index < -0.39 is 23.6 Å². The van der Waals surface area contributed by atoms with E-state index in [0.717, 1.165) is 18.8 Å². The molecule has 2 aromatic rings. The molecule has 5 rings (SSSR count). The number of carbonyl (C=O) groups is 2. The number of hydrogen-bond acceptors (Lipinski definition) is 5. The molecule has 2 amide bonds. The number of piperidine rings is 1. The molecular weight excluding hydrogens is 413 g/mol. The molecule has 1 aliphatic carbocycles. The minimum absolute atomic E-state index is 0.208. The van der Waals surface area contributed by atoms with Gasteiger partial charge in [-0.15, -0.1) is 0 Å². The SMILES string of the molecule is [C-]#[N+]C1(c2ccc(-c3ccc(N4C[C@H](CNC(C)=O)OC4=O)cc3F)cn2)[C@@H]2CNC[C@@H]21. The topological polar surface area (TPSA) is 87.9 Å². The van der Waals surface area contributed by atoms with Crippen LogP contribution in [0.15, 0.2) is 36.5 Å². The first-order valence-corrected chi connectivity index (χ1v) is 10.5. The van der Waals surface area contributed by atoms with E-state index >= 15 is 0 Å². The Hall–Kier alpha value is -3.51. The van der Waals surface area contributed by atoms with Gasteiger partial charge >= 0.3 is 6.09 Å². The van der Waals surface area contributed by atoms with Crippen molar-refractivity contribution in [1.82, 2.24) is 15.6 Å². The Morgan fingerprint density at radius 3 is 2.78 bits per heavy atom. The largest absolute Gasteiger partial charge is 0.442 e. The van der Waals surface area contributed by atoms with Crippen molar-refractivity contribution in [3.8, 4) is 11.1 Å². The number of carbonyl (C=O) groups excluding carboxylic acids is 2. The molecule has 0 spiro atoms. The smallest absolute Gasteiger partial charge is 0.414 e. The molecule has 2 N–H and O–H groups in total. The molecular formula is C23H22FN5O3. The van der Waals surface area contributed by atoms with Crippen molar-refractivity contribution in [1.29, 1.82) is 0 Å². The highest BCUT2D eigenvalue weighted by Crippen LogP contribution is 2.62. The van der Waals surface area contributed by atoms with Gasteiger partial charge in [0.2, 0.25) is 5.91 Å². The summed E-state index contributed by atoms with van der Waals surface area (Å²) in [6.45, 7) is 11.2. The monoisotopic (exact) mass is 435 g/mol. The summed E-state index contributed by atoms with van der Waals surface area (Å²) in [4.78, 5) is 33.0. The van der Waals surface area contributed by atoms with Gasteiger partial charge in [0.15, 0.2) is 0 Å². The number of nitrogens with zero attached hydrogens (tertiary/aromatic N) is 3. The third-order valence-corrected chi connectivity index (χ3v) is 6.62. The third kappa shape index (κ3) is 3.19. The summed E-state index contributed by atoms with van der Waals surface area (Å²) in [5.74, 6) is -0.103. The predicted molar refractivity (Wildman–Crippen MR) is 114 cm³/mol. The van der Waals surface area contributed by atoms with E-state index in [9.17, 15) is 14.0 Å². The lowest BCUT2D eigenvalue weighted by Crippen LogP contribution is -2.33. The first kappa shape index (κ1) is 20.4. The molecule has 3 heterocycles. The Morgan fingerprint density at radius 2 is 2.16 bits per heavy atom. The maximum Gasteiger partial charge on any atom is 0.414 e. The fourth-order valence-electron chi connectivity index (χ4n) is 4.91. The number of anilines is 1. The lowest BCUT2D eigenvalue weighted by Gasteiger charge is -2.15. The molecule has 8 nitrogen and oxygen atoms in total. The zero-order valence-electron chi connectivity index (χ0n) is 17.5. The van der Waals surface area contributed by atoms with Crippen LogP contribution in [0.25, 0.3) is 16.0 Å². The maximum atomic E-state index is 14.9. The summed E-state index contributed by atoms with van der Waals surface area (Å²) in [7, 11) is 0. The van der Waals surface area contributed by atoms with Crippen LogP contribution in [0.4, 0.5) is 14.9 Å². The highest BCUT2D eigenvalue weighted by Gasteiger charge is 2.76. The summed E-state index contributed by atoms with van der Waals surface area (Å²) < 4.78 is 20.2. The normalized spacial score (nSPS) is 28.1. The third-order valence-electron chi connectivity index (χ3n) is 6.62. The van der Waals surface area contributed by atoms with E-state index in [-0.39, 0.29) is 19.0 Å². The van der Waals surface area contributed by atoms with Crippen LogP contribution in [-0.4, -0.2) is 49.3 Å². The number of ether oxygens (including phenoxy) is 1. The first-order valence-electron chi connectivity index (χ1n) is 10.5. The van der Waals surface area contributed by atoms with Crippen LogP contribution in [0.2, 0.25) is 0 Å². The van der Waals surface area contributed by atoms with E-state index in [1.807, 2.05) is 6.07 Å². The number of cyclic esters (lactones) is 1. The summed E-state index contributed by atoms with van der Waals surface area (Å²) in [6, 6.07) is 8.18. The van der Waals surface area contributed by atoms with Crippen molar-refractivity contribution < 1.29 is 18.7 Å². The number of benzene rings is 1. The molecule has 32 heavy (non-hydrogen) atoms. The predicted octanol–water partition coefficient (Wildman–Crippen LogP) is 2.31. The first-order chi connectivity index (χ1) is 15.4. The molecule has 164 valence electrons. The molecule has 4 atom stereocenters. The molecule has 2 aliphatic heterocycles. The Kier molecular flexibility index (Phi) is 4.82. The molecule has 1 unspecified atom stereocenters. The number of halogens is 1. The summed E-state index contributed by atoms with van der Waals surface area (Å²) in [6.07, 6.45) is 0.542. The van der Waals surface area contributed by atoms with Crippen LogP contribution < -0.4 is 15.5 Å². The van der Waals surface area contributed by atoms with Crippen LogP contribution in [0.3, 0.4) is 0 Å². The van der Waals surface area contributed by atoms with Crippen molar-refractivity contribution in [3.05, 3.63) is 59.5 Å². The molecule has 1 saturated carbocycles. The lowest BCUT2D eigenvalue weighted by atomic mass is 10.0. The van der Waals surface area contributed by atoms with Crippen molar-refractivity contribution in [2.45, 2.75) is 18.6 Å². The lowest BCUT2D eigenvalue weighted by molar-refractivity contribution is -0.119. The van der Waals surface area contributed by atoms with Crippen LogP contribution in [0.5, 0.6) is 0 Å². The minimum atomic E-state index is -0.576. The zero-order chi connectivity index (χ0) is 22.5. The molecule has 3 aliphatic rings. The van der Waals surface area contributed by atoms with Crippen molar-refractivity contribution >= 4 is 17.7 Å². The number of hydrogen-bond donors (Lipinski definition) is 2. The fraction of sp³-hybridized carbons (Fsp3) is 0.391. The number of rotatable bonds is 5. The van der Waals surface area contributed by atoms with Crippen molar-refractivity contribution in [2.24, 2.45) is 11.8 Å². The van der Waals surface area contributed by atoms with E-state index in [1.54, 1.807) is 24.4 Å². The van der Waals surface area contributed by atoms with Crippen LogP contribution >= 0.6 is 0 Å². The summed E-state index contributed by atoms with van der Waals surface area (Å²) in [5.41, 5.74) is 1.56. The average molecular weight is 435 g/mol. The second-order valence-electron chi connectivity index (χ2n) is 8.46. The Balaban J connectivity index is 1.32. The summed E-state index contributed by atoms with van der Waals surface area (Å²) in [5, 5.41) is 5.91. The van der Waals surface area contributed by atoms with Gasteiger partial charge in [-0.05, 0) is 24.3 Å². The van der Waals surface area contributed by atoms with E-state index in [1.165, 1.54) is 17.9 Å². The fourth-order valence-corrected chi connectivity index (χ4v) is 4.91. The van der Waals surface area contributed by atoms with Crippen molar-refractivity contribution in [2.75, 3.05) is 31.1 Å². The van der Waals surface area contributed by atoms with Crippen LogP contribution in [0.1, 0.15) is 12.6 Å². The number of amides is 2. The van der Waals surface area contributed by atoms with Gasteiger partial charge < -0.3 is 20.2 Å². The standard InChI is InChI=1S/C23H22FN5O3/c1-13(30)27-9-16-12-29(22(31)32-16)15-4-5-17(20(24)7-15)14-3-6-21(28-8-14)23(25-2)18-10-26-11-19(18)23/h3-8,16,18-19,26H,9-12H2,1H3,(H,27,30)/t16-,18-,19+,23?/m0/s1. The Bertz CT molecular complexity index is 1120. The molecule has 1 aromatic heterocycles. The van der Waals surface area contributed by atoms with Gasteiger partial charge in [0.05, 0.1) is 30.6 Å². The number of nitrogens with one attached hydrogen (secondary N) is 2. The van der Waals surface area contributed by atoms with Crippen molar-refractivity contribution in [3.63, 3.8) is 0 Å². The highest BCUT2D eigenvalue weighted by atomic mass is 19.1. The Labute approximate surface area is 184 Å². The van der Waals surface area contributed by atoms with Gasteiger partial charge in [-0.2, -0.15) is 0 Å². The molecule has 1 aromatic carbocycles. The van der Waals surface area contributed by atoms with Gasteiger partial charge in [-0.25, -0.2) is 15.8 Å². The van der Waals surface area contributed by atoms with Gasteiger partial charge in [0, 0.05) is 37.3 Å². The maximum absolute atomic E-state index is 14.9. The van der Waals surface area contributed by atoms with E-state index in [2.05, 4.69) is 20.5 Å². The van der Waals surface area contributed by atoms with Gasteiger partial charge in [0.25, 0.3) is 5.54 Å². The minimum Gasteiger partial charge on any atom is -0.442 e. The van der Waals surface area contributed by atoms with E-state index in [0.29, 0.717) is 28.7 Å². The molecule has 9 heteroatoms. The molecule has 3 fully saturated rings. The molecule has 0 bridgehead atoms. The zero-order valence-corrected chi connectivity index (χ0v) is 17.5. The van der Waals surface area contributed by atoms with Crippen LogP contribution in [0, 0.1) is 24.2 Å².